The van der Waals surface area contributed by atoms with Crippen molar-refractivity contribution < 1.29 is 8.42 Å². The standard InChI is InChI=1S/C11H24N2O2S/c1-5-10-16(14,15)13-8-6-12(7-9-13)11(2,3)4/h5-10H2,1-4H3. The lowest BCUT2D eigenvalue weighted by Gasteiger charge is -2.41. The molecular weight excluding hydrogens is 224 g/mol. The molecule has 0 N–H and O–H groups in total. The molecule has 1 fully saturated rings. The van der Waals surface area contributed by atoms with Gasteiger partial charge in [-0.2, -0.15) is 4.31 Å². The first-order chi connectivity index (χ1) is 7.27. The van der Waals surface area contributed by atoms with E-state index in [0.717, 1.165) is 13.1 Å². The Labute approximate surface area is 99.7 Å². The molecule has 0 saturated carbocycles. The number of piperazine rings is 1. The second kappa shape index (κ2) is 5.02. The van der Waals surface area contributed by atoms with Gasteiger partial charge in [0.05, 0.1) is 5.75 Å². The van der Waals surface area contributed by atoms with Crippen molar-refractivity contribution in [3.8, 4) is 0 Å². The summed E-state index contributed by atoms with van der Waals surface area (Å²) in [5, 5.41) is 0. The number of nitrogens with zero attached hydrogens (tertiary/aromatic N) is 2. The summed E-state index contributed by atoms with van der Waals surface area (Å²) in [6, 6.07) is 0. The highest BCUT2D eigenvalue weighted by Crippen LogP contribution is 2.17. The summed E-state index contributed by atoms with van der Waals surface area (Å²) >= 11 is 0. The van der Waals surface area contributed by atoms with E-state index in [1.165, 1.54) is 0 Å². The molecule has 0 aliphatic carbocycles. The molecule has 0 aromatic heterocycles. The SMILES string of the molecule is CCCS(=O)(=O)N1CCN(C(C)(C)C)CC1. The Bertz CT molecular complexity index is 311. The molecule has 0 radical (unpaired) electrons. The van der Waals surface area contributed by atoms with Gasteiger partial charge in [-0.25, -0.2) is 8.42 Å². The number of sulfonamides is 1. The highest BCUT2D eigenvalue weighted by Gasteiger charge is 2.30. The predicted octanol–water partition coefficient (Wildman–Crippen LogP) is 1.14. The van der Waals surface area contributed by atoms with Gasteiger partial charge in [-0.05, 0) is 27.2 Å². The van der Waals surface area contributed by atoms with Crippen LogP contribution in [0, 0.1) is 0 Å². The zero-order valence-electron chi connectivity index (χ0n) is 10.9. The molecule has 5 heteroatoms. The third kappa shape index (κ3) is 3.43. The maximum absolute atomic E-state index is 11.8. The molecule has 0 atom stereocenters. The third-order valence-electron chi connectivity index (χ3n) is 3.04. The molecule has 0 unspecified atom stereocenters. The first-order valence-electron chi connectivity index (χ1n) is 6.00. The van der Waals surface area contributed by atoms with Gasteiger partial charge in [0.1, 0.15) is 0 Å². The van der Waals surface area contributed by atoms with E-state index in [1.54, 1.807) is 4.31 Å². The van der Waals surface area contributed by atoms with Crippen LogP contribution < -0.4 is 0 Å². The number of hydrogen-bond donors (Lipinski definition) is 0. The van der Waals surface area contributed by atoms with Crippen molar-refractivity contribution in [3.05, 3.63) is 0 Å². The molecular formula is C11H24N2O2S. The monoisotopic (exact) mass is 248 g/mol. The molecule has 0 aromatic rings. The fraction of sp³-hybridized carbons (Fsp3) is 1.00. The summed E-state index contributed by atoms with van der Waals surface area (Å²) in [6.07, 6.45) is 0.696. The summed E-state index contributed by atoms with van der Waals surface area (Å²) < 4.78 is 25.3. The summed E-state index contributed by atoms with van der Waals surface area (Å²) in [4.78, 5) is 2.34. The molecule has 0 aromatic carbocycles. The number of rotatable bonds is 3. The Hall–Kier alpha value is -0.130. The summed E-state index contributed by atoms with van der Waals surface area (Å²) in [5.74, 6) is 0.280. The fourth-order valence-corrected chi connectivity index (χ4v) is 3.52. The van der Waals surface area contributed by atoms with Crippen LogP contribution in [0.25, 0.3) is 0 Å². The Morgan fingerprint density at radius 3 is 1.94 bits per heavy atom. The van der Waals surface area contributed by atoms with E-state index in [4.69, 9.17) is 0 Å². The van der Waals surface area contributed by atoms with Crippen LogP contribution in [0.15, 0.2) is 0 Å². The highest BCUT2D eigenvalue weighted by molar-refractivity contribution is 7.89. The van der Waals surface area contributed by atoms with Gasteiger partial charge in [-0.3, -0.25) is 4.90 Å². The normalized spacial score (nSPS) is 21.2. The van der Waals surface area contributed by atoms with Gasteiger partial charge in [0.2, 0.25) is 10.0 Å². The second-order valence-electron chi connectivity index (χ2n) is 5.37. The van der Waals surface area contributed by atoms with E-state index < -0.39 is 10.0 Å². The van der Waals surface area contributed by atoms with Crippen LogP contribution in [0.2, 0.25) is 0 Å². The molecule has 0 amide bonds. The third-order valence-corrected chi connectivity index (χ3v) is 5.12. The summed E-state index contributed by atoms with van der Waals surface area (Å²) in [5.41, 5.74) is 0.139. The zero-order valence-corrected chi connectivity index (χ0v) is 11.7. The minimum atomic E-state index is -3.00. The lowest BCUT2D eigenvalue weighted by Crippen LogP contribution is -2.54. The average molecular weight is 248 g/mol. The van der Waals surface area contributed by atoms with Gasteiger partial charge < -0.3 is 0 Å². The topological polar surface area (TPSA) is 40.6 Å². The second-order valence-corrected chi connectivity index (χ2v) is 7.46. The molecule has 1 aliphatic rings. The quantitative estimate of drug-likeness (QED) is 0.752. The van der Waals surface area contributed by atoms with Crippen LogP contribution in [0.4, 0.5) is 0 Å². The first-order valence-corrected chi connectivity index (χ1v) is 7.61. The zero-order chi connectivity index (χ0) is 12.4. The minimum absolute atomic E-state index is 0.139. The highest BCUT2D eigenvalue weighted by atomic mass is 32.2. The van der Waals surface area contributed by atoms with Crippen molar-refractivity contribution in [2.24, 2.45) is 0 Å². The molecule has 0 bridgehead atoms. The Balaban J connectivity index is 2.56. The molecule has 0 spiro atoms. The molecule has 1 saturated heterocycles. The van der Waals surface area contributed by atoms with E-state index in [2.05, 4.69) is 25.7 Å². The Morgan fingerprint density at radius 1 is 1.06 bits per heavy atom. The average Bonchev–Trinajstić information content (AvgIpc) is 2.16. The van der Waals surface area contributed by atoms with Crippen molar-refractivity contribution in [3.63, 3.8) is 0 Å². The molecule has 1 heterocycles. The van der Waals surface area contributed by atoms with E-state index in [9.17, 15) is 8.42 Å². The maximum Gasteiger partial charge on any atom is 0.214 e. The lowest BCUT2D eigenvalue weighted by atomic mass is 10.1. The van der Waals surface area contributed by atoms with E-state index >= 15 is 0 Å². The Morgan fingerprint density at radius 2 is 1.56 bits per heavy atom. The molecule has 96 valence electrons. The van der Waals surface area contributed by atoms with Crippen molar-refractivity contribution in [1.29, 1.82) is 0 Å². The van der Waals surface area contributed by atoms with E-state index in [1.807, 2.05) is 6.92 Å². The van der Waals surface area contributed by atoms with E-state index in [0.29, 0.717) is 19.5 Å². The van der Waals surface area contributed by atoms with Crippen molar-refractivity contribution in [2.45, 2.75) is 39.7 Å². The van der Waals surface area contributed by atoms with Gasteiger partial charge in [-0.1, -0.05) is 6.92 Å². The lowest BCUT2D eigenvalue weighted by molar-refractivity contribution is 0.0922. The smallest absolute Gasteiger partial charge is 0.214 e. The predicted molar refractivity (Wildman–Crippen MR) is 67.0 cm³/mol. The van der Waals surface area contributed by atoms with Crippen LogP contribution >= 0.6 is 0 Å². The van der Waals surface area contributed by atoms with Gasteiger partial charge in [0.15, 0.2) is 0 Å². The number of hydrogen-bond acceptors (Lipinski definition) is 3. The Kier molecular flexibility index (Phi) is 4.37. The van der Waals surface area contributed by atoms with Crippen LogP contribution in [-0.4, -0.2) is 55.1 Å². The van der Waals surface area contributed by atoms with Crippen molar-refractivity contribution in [2.75, 3.05) is 31.9 Å². The van der Waals surface area contributed by atoms with Crippen molar-refractivity contribution >= 4 is 10.0 Å². The minimum Gasteiger partial charge on any atom is -0.296 e. The van der Waals surface area contributed by atoms with Crippen LogP contribution in [0.1, 0.15) is 34.1 Å². The molecule has 4 nitrogen and oxygen atoms in total. The van der Waals surface area contributed by atoms with Crippen LogP contribution in [0.5, 0.6) is 0 Å². The fourth-order valence-electron chi connectivity index (χ4n) is 2.02. The molecule has 16 heavy (non-hydrogen) atoms. The maximum atomic E-state index is 11.8. The molecule has 1 rings (SSSR count). The van der Waals surface area contributed by atoms with Gasteiger partial charge in [0.25, 0.3) is 0 Å². The van der Waals surface area contributed by atoms with Gasteiger partial charge in [-0.15, -0.1) is 0 Å². The van der Waals surface area contributed by atoms with Gasteiger partial charge >= 0.3 is 0 Å². The van der Waals surface area contributed by atoms with Crippen LogP contribution in [-0.2, 0) is 10.0 Å². The summed E-state index contributed by atoms with van der Waals surface area (Å²) in [6.45, 7) is 11.4. The van der Waals surface area contributed by atoms with Crippen LogP contribution in [0.3, 0.4) is 0 Å². The summed E-state index contributed by atoms with van der Waals surface area (Å²) in [7, 11) is -3.00. The first kappa shape index (κ1) is 13.9. The molecule has 1 aliphatic heterocycles. The van der Waals surface area contributed by atoms with Crippen molar-refractivity contribution in [1.82, 2.24) is 9.21 Å². The van der Waals surface area contributed by atoms with E-state index in [-0.39, 0.29) is 11.3 Å². The van der Waals surface area contributed by atoms with Gasteiger partial charge in [0, 0.05) is 31.7 Å². The largest absolute Gasteiger partial charge is 0.296 e.